The van der Waals surface area contributed by atoms with Crippen LogP contribution >= 0.6 is 23.2 Å². The lowest BCUT2D eigenvalue weighted by Gasteiger charge is -2.46. The fraction of sp³-hybridized carbons (Fsp3) is 0.577. The second kappa shape index (κ2) is 9.69. The number of cyclic esters (lactones) is 1. The number of carbonyl (C=O) groups excluding carboxylic acids is 3. The van der Waals surface area contributed by atoms with Gasteiger partial charge in [0.05, 0.1) is 0 Å². The predicted molar refractivity (Wildman–Crippen MR) is 127 cm³/mol. The summed E-state index contributed by atoms with van der Waals surface area (Å²) in [5.74, 6) is -3.74. The van der Waals surface area contributed by atoms with Crippen molar-refractivity contribution in [3.8, 4) is 0 Å². The van der Waals surface area contributed by atoms with E-state index in [1.807, 2.05) is 18.2 Å². The van der Waals surface area contributed by atoms with Gasteiger partial charge in [0.2, 0.25) is 4.33 Å². The molecule has 6 heteroatoms. The number of hydrogen-bond acceptors (Lipinski definition) is 4. The van der Waals surface area contributed by atoms with E-state index in [0.29, 0.717) is 0 Å². The molecule has 32 heavy (non-hydrogen) atoms. The fourth-order valence-electron chi connectivity index (χ4n) is 5.44. The van der Waals surface area contributed by atoms with Crippen molar-refractivity contribution in [3.05, 3.63) is 48.1 Å². The first-order valence-corrected chi connectivity index (χ1v) is 12.1. The molecule has 1 heterocycles. The highest BCUT2D eigenvalue weighted by molar-refractivity contribution is 6.68. The van der Waals surface area contributed by atoms with E-state index in [1.54, 1.807) is 13.0 Å². The standard InChI is InChI=1S/C26H32Cl2O4/c1-14-12-16(3)21-19(13-14)10-11-20-15(2)8-6-7-9-17(4)32-25(31)18(5)23(29)26(27,28)24(30)22(20)21/h6-12,15-22H,13H2,1-5H3/b8-6-,9-7+/t15-,16-,17+,18+,19-,20+,21-,22-/m1/s1. The Bertz CT molecular complexity index is 898. The van der Waals surface area contributed by atoms with Gasteiger partial charge in [-0.2, -0.15) is 0 Å². The average Bonchev–Trinajstić information content (AvgIpc) is 2.73. The van der Waals surface area contributed by atoms with Crippen molar-refractivity contribution in [3.63, 3.8) is 0 Å². The van der Waals surface area contributed by atoms with Crippen LogP contribution in [-0.4, -0.2) is 28.0 Å². The Hall–Kier alpha value is -1.65. The molecule has 0 saturated heterocycles. The Balaban J connectivity index is 2.11. The van der Waals surface area contributed by atoms with Gasteiger partial charge in [-0.05, 0) is 62.9 Å². The number of Topliss-reactive ketones (excluding diaryl/α,β-unsaturated/α-hetero) is 2. The second-order valence-corrected chi connectivity index (χ2v) is 10.9. The second-order valence-electron chi connectivity index (χ2n) is 9.60. The van der Waals surface area contributed by atoms with Crippen LogP contribution in [0.1, 0.15) is 41.0 Å². The molecule has 0 aromatic rings. The third-order valence-electron chi connectivity index (χ3n) is 7.10. The molecule has 0 spiro atoms. The molecule has 174 valence electrons. The molecule has 8 atom stereocenters. The van der Waals surface area contributed by atoms with Crippen LogP contribution in [0, 0.1) is 41.4 Å². The number of rotatable bonds is 0. The molecule has 0 fully saturated rings. The Labute approximate surface area is 200 Å². The summed E-state index contributed by atoms with van der Waals surface area (Å²) >= 11 is 13.0. The molecular weight excluding hydrogens is 447 g/mol. The maximum atomic E-state index is 13.9. The van der Waals surface area contributed by atoms with Gasteiger partial charge in [-0.15, -0.1) is 0 Å². The van der Waals surface area contributed by atoms with Crippen molar-refractivity contribution in [1.82, 2.24) is 0 Å². The first-order chi connectivity index (χ1) is 14.9. The van der Waals surface area contributed by atoms with Gasteiger partial charge in [-0.1, -0.05) is 79.1 Å². The van der Waals surface area contributed by atoms with Crippen molar-refractivity contribution in [2.24, 2.45) is 41.4 Å². The molecule has 2 aliphatic carbocycles. The van der Waals surface area contributed by atoms with E-state index in [9.17, 15) is 14.4 Å². The van der Waals surface area contributed by atoms with Gasteiger partial charge in [0.25, 0.3) is 0 Å². The molecule has 0 N–H and O–H groups in total. The van der Waals surface area contributed by atoms with Gasteiger partial charge < -0.3 is 4.74 Å². The Morgan fingerprint density at radius 3 is 2.25 bits per heavy atom. The summed E-state index contributed by atoms with van der Waals surface area (Å²) in [7, 11) is 0. The number of ketones is 2. The van der Waals surface area contributed by atoms with Crippen LogP contribution in [-0.2, 0) is 19.1 Å². The van der Waals surface area contributed by atoms with Crippen LogP contribution < -0.4 is 0 Å². The molecule has 3 rings (SSSR count). The fourth-order valence-corrected chi connectivity index (χ4v) is 6.02. The summed E-state index contributed by atoms with van der Waals surface area (Å²) in [5, 5.41) is 0. The maximum absolute atomic E-state index is 13.9. The summed E-state index contributed by atoms with van der Waals surface area (Å²) in [6.45, 7) is 9.35. The molecule has 1 aliphatic heterocycles. The minimum absolute atomic E-state index is 0.0162. The number of carbonyl (C=O) groups is 3. The summed E-state index contributed by atoms with van der Waals surface area (Å²) in [6, 6.07) is 0. The molecule has 0 bridgehead atoms. The lowest BCUT2D eigenvalue weighted by Crippen LogP contribution is -2.52. The Morgan fingerprint density at radius 2 is 1.56 bits per heavy atom. The minimum Gasteiger partial charge on any atom is -0.458 e. The van der Waals surface area contributed by atoms with Crippen LogP contribution in [0.15, 0.2) is 48.1 Å². The molecule has 0 aromatic heterocycles. The van der Waals surface area contributed by atoms with Crippen LogP contribution in [0.5, 0.6) is 0 Å². The Kier molecular flexibility index (Phi) is 7.56. The number of fused-ring (bicyclic) bond motifs is 3. The molecule has 0 unspecified atom stereocenters. The SMILES string of the molecule is CC1=C[C@@H](C)[C@H]2[C@@H]3C(=O)C(Cl)(Cl)C(=O)[C@H](C)C(=O)O[C@@H](C)/C=C/C=C\[C@@H](C)[C@@H]3C=C[C@@H]2C1. The van der Waals surface area contributed by atoms with E-state index in [1.165, 1.54) is 12.5 Å². The van der Waals surface area contributed by atoms with E-state index in [0.717, 1.165) is 6.42 Å². The smallest absolute Gasteiger partial charge is 0.316 e. The topological polar surface area (TPSA) is 60.4 Å². The highest BCUT2D eigenvalue weighted by Crippen LogP contribution is 2.50. The first kappa shape index (κ1) is 25.0. The molecular formula is C26H32Cl2O4. The number of esters is 1. The minimum atomic E-state index is -2.32. The Morgan fingerprint density at radius 1 is 0.906 bits per heavy atom. The zero-order valence-electron chi connectivity index (χ0n) is 19.3. The van der Waals surface area contributed by atoms with Gasteiger partial charge in [-0.3, -0.25) is 14.4 Å². The highest BCUT2D eigenvalue weighted by atomic mass is 35.5. The molecule has 0 aromatic carbocycles. The van der Waals surface area contributed by atoms with Crippen LogP contribution in [0.2, 0.25) is 0 Å². The lowest BCUT2D eigenvalue weighted by atomic mass is 9.58. The molecule has 0 amide bonds. The summed E-state index contributed by atoms with van der Waals surface area (Å²) in [5.41, 5.74) is 1.29. The summed E-state index contributed by atoms with van der Waals surface area (Å²) in [4.78, 5) is 39.6. The van der Waals surface area contributed by atoms with Gasteiger partial charge >= 0.3 is 5.97 Å². The highest BCUT2D eigenvalue weighted by Gasteiger charge is 2.55. The van der Waals surface area contributed by atoms with E-state index in [2.05, 4.69) is 39.0 Å². The van der Waals surface area contributed by atoms with Crippen LogP contribution in [0.25, 0.3) is 0 Å². The van der Waals surface area contributed by atoms with Crippen LogP contribution in [0.3, 0.4) is 0 Å². The van der Waals surface area contributed by atoms with Crippen molar-refractivity contribution < 1.29 is 19.1 Å². The molecule has 0 radical (unpaired) electrons. The van der Waals surface area contributed by atoms with Gasteiger partial charge in [0.15, 0.2) is 11.6 Å². The molecule has 4 nitrogen and oxygen atoms in total. The van der Waals surface area contributed by atoms with Gasteiger partial charge in [0.1, 0.15) is 12.0 Å². The van der Waals surface area contributed by atoms with Gasteiger partial charge in [-0.25, -0.2) is 0 Å². The van der Waals surface area contributed by atoms with Crippen molar-refractivity contribution >= 4 is 40.7 Å². The zero-order chi connectivity index (χ0) is 23.8. The number of alkyl halides is 2. The monoisotopic (exact) mass is 478 g/mol. The van der Waals surface area contributed by atoms with E-state index in [4.69, 9.17) is 27.9 Å². The van der Waals surface area contributed by atoms with Crippen molar-refractivity contribution in [2.75, 3.05) is 0 Å². The van der Waals surface area contributed by atoms with E-state index < -0.39 is 39.8 Å². The number of ether oxygens (including phenoxy) is 1. The number of hydrogen-bond donors (Lipinski definition) is 0. The lowest BCUT2D eigenvalue weighted by molar-refractivity contribution is -0.154. The summed E-state index contributed by atoms with van der Waals surface area (Å²) < 4.78 is 3.01. The predicted octanol–water partition coefficient (Wildman–Crippen LogP) is 5.65. The molecule has 0 saturated carbocycles. The maximum Gasteiger partial charge on any atom is 0.316 e. The largest absolute Gasteiger partial charge is 0.458 e. The van der Waals surface area contributed by atoms with Crippen molar-refractivity contribution in [1.29, 1.82) is 0 Å². The number of halogens is 2. The first-order valence-electron chi connectivity index (χ1n) is 11.3. The third kappa shape index (κ3) is 4.82. The molecule has 3 aliphatic rings. The number of allylic oxidation sites excluding steroid dienone is 7. The van der Waals surface area contributed by atoms with E-state index in [-0.39, 0.29) is 29.6 Å². The third-order valence-corrected chi connectivity index (χ3v) is 7.85. The van der Waals surface area contributed by atoms with Crippen molar-refractivity contribution in [2.45, 2.75) is 51.5 Å². The normalized spacial score (nSPS) is 42.1. The quantitative estimate of drug-likeness (QED) is 0.195. The average molecular weight is 479 g/mol. The zero-order valence-corrected chi connectivity index (χ0v) is 20.8. The van der Waals surface area contributed by atoms with Crippen LogP contribution in [0.4, 0.5) is 0 Å². The van der Waals surface area contributed by atoms with Gasteiger partial charge in [0, 0.05) is 5.92 Å². The van der Waals surface area contributed by atoms with E-state index >= 15 is 0 Å². The summed E-state index contributed by atoms with van der Waals surface area (Å²) in [6.07, 6.45) is 14.3.